The summed E-state index contributed by atoms with van der Waals surface area (Å²) in [5.74, 6) is -0.979. The molecule has 0 bridgehead atoms. The molecule has 2 aliphatic rings. The molecule has 9 heteroatoms. The van der Waals surface area contributed by atoms with Gasteiger partial charge in [0.1, 0.15) is 11.9 Å². The highest BCUT2D eigenvalue weighted by Crippen LogP contribution is 2.30. The van der Waals surface area contributed by atoms with Crippen LogP contribution in [-0.2, 0) is 20.9 Å². The number of carbonyl (C=O) groups is 3. The van der Waals surface area contributed by atoms with Crippen LogP contribution in [0, 0.1) is 5.82 Å². The Bertz CT molecular complexity index is 1330. The fourth-order valence-electron chi connectivity index (χ4n) is 4.65. The number of nitrogens with one attached hydrogen (secondary N) is 1. The zero-order chi connectivity index (χ0) is 25.9. The molecule has 2 saturated heterocycles. The number of para-hydroxylation sites is 1. The average Bonchev–Trinajstić information content (AvgIpc) is 3.42. The summed E-state index contributed by atoms with van der Waals surface area (Å²) in [6.07, 6.45) is 1.29. The number of thiocarbonyl (C=S) groups is 1. The van der Waals surface area contributed by atoms with Gasteiger partial charge >= 0.3 is 0 Å². The van der Waals surface area contributed by atoms with Gasteiger partial charge in [-0.2, -0.15) is 0 Å². The molecule has 0 unspecified atom stereocenters. The molecule has 2 aliphatic heterocycles. The molecule has 7 nitrogen and oxygen atoms in total. The summed E-state index contributed by atoms with van der Waals surface area (Å²) in [5.41, 5.74) is 2.78. The molecule has 1 N–H and O–H groups in total. The Balaban J connectivity index is 1.38. The fraction of sp³-hybridized carbons (Fsp3) is 0.214. The van der Waals surface area contributed by atoms with E-state index in [1.165, 1.54) is 29.2 Å². The third kappa shape index (κ3) is 5.22. The van der Waals surface area contributed by atoms with E-state index < -0.39 is 11.9 Å². The number of hydrogen-bond donors (Lipinski definition) is 1. The molecular formula is C28H25FN4O3S. The van der Waals surface area contributed by atoms with Crippen LogP contribution in [0.5, 0.6) is 0 Å². The third-order valence-corrected chi connectivity index (χ3v) is 6.93. The Morgan fingerprint density at radius 3 is 2.27 bits per heavy atom. The lowest BCUT2D eigenvalue weighted by atomic mass is 10.1. The summed E-state index contributed by atoms with van der Waals surface area (Å²) in [6, 6.07) is 21.3. The Hall–Kier alpha value is -4.11. The first-order chi connectivity index (χ1) is 17.9. The lowest BCUT2D eigenvalue weighted by molar-refractivity contribution is -0.124. The van der Waals surface area contributed by atoms with Crippen molar-refractivity contribution in [3.8, 4) is 0 Å². The van der Waals surface area contributed by atoms with Crippen LogP contribution in [0.3, 0.4) is 0 Å². The molecule has 0 aromatic heterocycles. The van der Waals surface area contributed by atoms with E-state index in [1.807, 2.05) is 42.5 Å². The van der Waals surface area contributed by atoms with E-state index in [9.17, 15) is 18.8 Å². The van der Waals surface area contributed by atoms with E-state index in [-0.39, 0.29) is 29.3 Å². The van der Waals surface area contributed by atoms with Crippen molar-refractivity contribution < 1.29 is 18.8 Å². The van der Waals surface area contributed by atoms with Crippen molar-refractivity contribution in [1.29, 1.82) is 0 Å². The second-order valence-corrected chi connectivity index (χ2v) is 9.38. The number of hydrogen-bond acceptors (Lipinski definition) is 4. The Morgan fingerprint density at radius 1 is 0.946 bits per heavy atom. The van der Waals surface area contributed by atoms with Crippen LogP contribution < -0.4 is 15.1 Å². The molecule has 0 aliphatic carbocycles. The fourth-order valence-corrected chi connectivity index (χ4v) is 5.04. The predicted molar refractivity (Wildman–Crippen MR) is 144 cm³/mol. The number of rotatable bonds is 7. The largest absolute Gasteiger partial charge is 0.332 e. The van der Waals surface area contributed by atoms with Crippen LogP contribution in [0.25, 0.3) is 0 Å². The second-order valence-electron chi connectivity index (χ2n) is 9.01. The quantitative estimate of drug-likeness (QED) is 0.469. The summed E-state index contributed by atoms with van der Waals surface area (Å²) < 4.78 is 13.5. The van der Waals surface area contributed by atoms with Gasteiger partial charge in [0.05, 0.1) is 12.1 Å². The van der Waals surface area contributed by atoms with Gasteiger partial charge in [0.2, 0.25) is 11.8 Å². The van der Waals surface area contributed by atoms with Crippen LogP contribution in [-0.4, -0.2) is 40.3 Å². The summed E-state index contributed by atoms with van der Waals surface area (Å²) in [6.45, 7) is 0.994. The van der Waals surface area contributed by atoms with E-state index in [0.717, 1.165) is 17.7 Å². The third-order valence-electron chi connectivity index (χ3n) is 6.51. The molecule has 2 fully saturated rings. The summed E-state index contributed by atoms with van der Waals surface area (Å²) in [7, 11) is 0. The summed E-state index contributed by atoms with van der Waals surface area (Å²) in [5, 5.41) is 3.07. The van der Waals surface area contributed by atoms with Crippen molar-refractivity contribution >= 4 is 52.1 Å². The number of nitrogens with zero attached hydrogens (tertiary/aromatic N) is 3. The lowest BCUT2D eigenvalue weighted by Crippen LogP contribution is -2.37. The van der Waals surface area contributed by atoms with E-state index in [4.69, 9.17) is 12.2 Å². The highest BCUT2D eigenvalue weighted by molar-refractivity contribution is 7.80. The van der Waals surface area contributed by atoms with Gasteiger partial charge in [-0.05, 0) is 72.7 Å². The highest BCUT2D eigenvalue weighted by Gasteiger charge is 2.44. The van der Waals surface area contributed by atoms with Gasteiger partial charge in [-0.15, -0.1) is 0 Å². The van der Waals surface area contributed by atoms with Gasteiger partial charge in [-0.3, -0.25) is 19.3 Å². The Kier molecular flexibility index (Phi) is 6.96. The Labute approximate surface area is 219 Å². The monoisotopic (exact) mass is 516 g/mol. The molecule has 37 heavy (non-hydrogen) atoms. The molecular weight excluding hydrogens is 491 g/mol. The minimum absolute atomic E-state index is 0.105. The maximum absolute atomic E-state index is 13.5. The minimum Gasteiger partial charge on any atom is -0.332 e. The number of amides is 3. The maximum Gasteiger partial charge on any atom is 0.256 e. The molecule has 1 atom stereocenters. The number of carbonyl (C=O) groups excluding carboxylic acids is 3. The van der Waals surface area contributed by atoms with Crippen molar-refractivity contribution in [2.75, 3.05) is 21.7 Å². The summed E-state index contributed by atoms with van der Waals surface area (Å²) >= 11 is 5.69. The topological polar surface area (TPSA) is 73.0 Å². The van der Waals surface area contributed by atoms with Crippen molar-refractivity contribution in [3.63, 3.8) is 0 Å². The first kappa shape index (κ1) is 24.6. The number of halogens is 1. The average molecular weight is 517 g/mol. The van der Waals surface area contributed by atoms with Crippen LogP contribution >= 0.6 is 12.2 Å². The van der Waals surface area contributed by atoms with Crippen molar-refractivity contribution in [2.24, 2.45) is 0 Å². The van der Waals surface area contributed by atoms with Gasteiger partial charge in [-0.25, -0.2) is 4.39 Å². The molecule has 0 saturated carbocycles. The zero-order valence-electron chi connectivity index (χ0n) is 20.0. The SMILES string of the molecule is O=C(C[C@H]1C(=O)N(c2ccc(F)cc2)C(=S)N1Cc1ccc(N2CCCC2=O)cc1)Nc1ccccc1. The molecule has 3 amide bonds. The molecule has 5 rings (SSSR count). The lowest BCUT2D eigenvalue weighted by Gasteiger charge is -2.24. The maximum atomic E-state index is 13.5. The van der Waals surface area contributed by atoms with Crippen molar-refractivity contribution in [3.05, 3.63) is 90.2 Å². The van der Waals surface area contributed by atoms with E-state index >= 15 is 0 Å². The molecule has 188 valence electrons. The van der Waals surface area contributed by atoms with E-state index in [0.29, 0.717) is 30.9 Å². The first-order valence-electron chi connectivity index (χ1n) is 12.0. The van der Waals surface area contributed by atoms with Gasteiger partial charge in [0.15, 0.2) is 5.11 Å². The van der Waals surface area contributed by atoms with Crippen molar-refractivity contribution in [1.82, 2.24) is 4.90 Å². The standard InChI is InChI=1S/C28H25FN4O3S/c29-20-10-14-23(15-11-20)33-27(36)24(17-25(34)30-21-5-2-1-3-6-21)32(28(33)37)18-19-8-12-22(13-9-19)31-16-4-7-26(31)35/h1-3,5-6,8-15,24H,4,7,16-18H2,(H,30,34)/t24-/m0/s1. The van der Waals surface area contributed by atoms with Crippen LogP contribution in [0.15, 0.2) is 78.9 Å². The summed E-state index contributed by atoms with van der Waals surface area (Å²) in [4.78, 5) is 43.3. The highest BCUT2D eigenvalue weighted by atomic mass is 32.1. The normalized spacial score (nSPS) is 17.6. The van der Waals surface area contributed by atoms with E-state index in [2.05, 4.69) is 5.32 Å². The molecule has 3 aromatic carbocycles. The smallest absolute Gasteiger partial charge is 0.256 e. The van der Waals surface area contributed by atoms with Crippen LogP contribution in [0.4, 0.5) is 21.5 Å². The van der Waals surface area contributed by atoms with Gasteiger partial charge in [0, 0.05) is 30.9 Å². The first-order valence-corrected chi connectivity index (χ1v) is 12.5. The van der Waals surface area contributed by atoms with Gasteiger partial charge in [0.25, 0.3) is 5.91 Å². The van der Waals surface area contributed by atoms with E-state index in [1.54, 1.807) is 21.9 Å². The van der Waals surface area contributed by atoms with Crippen LogP contribution in [0.2, 0.25) is 0 Å². The predicted octanol–water partition coefficient (Wildman–Crippen LogP) is 4.48. The Morgan fingerprint density at radius 2 is 1.62 bits per heavy atom. The molecule has 0 spiro atoms. The van der Waals surface area contributed by atoms with Crippen molar-refractivity contribution in [2.45, 2.75) is 31.8 Å². The van der Waals surface area contributed by atoms with Crippen LogP contribution in [0.1, 0.15) is 24.8 Å². The number of benzene rings is 3. The molecule has 0 radical (unpaired) electrons. The second kappa shape index (κ2) is 10.5. The minimum atomic E-state index is -0.832. The zero-order valence-corrected chi connectivity index (χ0v) is 20.8. The van der Waals surface area contributed by atoms with Gasteiger partial charge in [-0.1, -0.05) is 30.3 Å². The number of anilines is 3. The molecule has 2 heterocycles. The van der Waals surface area contributed by atoms with Gasteiger partial charge < -0.3 is 15.1 Å². The molecule has 3 aromatic rings.